The topological polar surface area (TPSA) is 38.0 Å². The number of nitrogens with two attached hydrogens (primary N) is 1. The Bertz CT molecular complexity index is 1270. The van der Waals surface area contributed by atoms with Gasteiger partial charge in [-0.15, -0.1) is 0 Å². The van der Waals surface area contributed by atoms with Gasteiger partial charge in [-0.25, -0.2) is 0 Å². The van der Waals surface area contributed by atoms with Gasteiger partial charge < -0.3 is 11.1 Å². The van der Waals surface area contributed by atoms with Gasteiger partial charge in [0.25, 0.3) is 0 Å². The van der Waals surface area contributed by atoms with E-state index in [1.807, 2.05) is 24.3 Å². The summed E-state index contributed by atoms with van der Waals surface area (Å²) in [5.41, 5.74) is 11.8. The van der Waals surface area contributed by atoms with Gasteiger partial charge in [0.05, 0.1) is 16.1 Å². The first-order valence-corrected chi connectivity index (χ1v) is 22.6. The van der Waals surface area contributed by atoms with Crippen LogP contribution in [0.4, 0.5) is 17.1 Å². The minimum Gasteiger partial charge on any atom is -0.399 e. The maximum Gasteiger partial charge on any atom is 0.0775 e. The minimum atomic E-state index is -1.20. The standard InChI is InChI=1S/C19H27NSi.C10H15N.C9H13ClSi/c1-19(2,3)15-7-9-16(10-8-15)20-17-11-13-18(14-12-17)21(4,5)6;1-10(2,3)8-4-6-9(11)7-5-8;1-11(2,3)9-6-4-8(10)5-7-9/h7-14,20H,1-6H3;4-7H,11H2,1-3H3;4-7H,1-3H3. The molecule has 0 aliphatic rings. The molecule has 0 aliphatic carbocycles. The molecule has 0 fully saturated rings. The van der Waals surface area contributed by atoms with Crippen LogP contribution >= 0.6 is 11.6 Å². The minimum absolute atomic E-state index is 0.206. The summed E-state index contributed by atoms with van der Waals surface area (Å²) in [5, 5.41) is 7.26. The molecule has 0 aromatic heterocycles. The maximum atomic E-state index is 5.78. The molecule has 0 heterocycles. The maximum absolute atomic E-state index is 5.78. The lowest BCUT2D eigenvalue weighted by molar-refractivity contribution is 0.590. The highest BCUT2D eigenvalue weighted by molar-refractivity contribution is 6.89. The largest absolute Gasteiger partial charge is 0.399 e. The molecule has 0 aliphatic heterocycles. The molecule has 3 N–H and O–H groups in total. The van der Waals surface area contributed by atoms with E-state index in [0.717, 1.165) is 22.1 Å². The highest BCUT2D eigenvalue weighted by Gasteiger charge is 2.17. The number of benzene rings is 4. The molecule has 5 heteroatoms. The van der Waals surface area contributed by atoms with E-state index in [1.165, 1.54) is 21.5 Å². The average molecular weight is 631 g/mol. The Labute approximate surface area is 270 Å². The van der Waals surface area contributed by atoms with Crippen LogP contribution in [0, 0.1) is 0 Å². The Kier molecular flexibility index (Phi) is 12.5. The molecule has 43 heavy (non-hydrogen) atoms. The molecule has 232 valence electrons. The normalized spacial score (nSPS) is 11.9. The van der Waals surface area contributed by atoms with Crippen LogP contribution in [0.1, 0.15) is 52.7 Å². The highest BCUT2D eigenvalue weighted by Crippen LogP contribution is 2.25. The Balaban J connectivity index is 0.000000247. The van der Waals surface area contributed by atoms with Crippen molar-refractivity contribution in [2.45, 2.75) is 91.7 Å². The van der Waals surface area contributed by atoms with Gasteiger partial charge in [-0.1, -0.05) is 151 Å². The van der Waals surface area contributed by atoms with Crippen LogP contribution in [0.25, 0.3) is 0 Å². The lowest BCUT2D eigenvalue weighted by Crippen LogP contribution is -2.37. The Hall–Kier alpha value is -2.80. The van der Waals surface area contributed by atoms with Crippen LogP contribution in [0.15, 0.2) is 97.1 Å². The zero-order valence-corrected chi connectivity index (χ0v) is 31.4. The molecular weight excluding hydrogens is 576 g/mol. The first-order valence-electron chi connectivity index (χ1n) is 15.3. The van der Waals surface area contributed by atoms with E-state index in [0.29, 0.717) is 0 Å². The summed E-state index contributed by atoms with van der Waals surface area (Å²) < 4.78 is 0. The second-order valence-corrected chi connectivity index (χ2v) is 26.0. The Morgan fingerprint density at radius 1 is 0.488 bits per heavy atom. The van der Waals surface area contributed by atoms with Gasteiger partial charge in [0, 0.05) is 22.1 Å². The van der Waals surface area contributed by atoms with Crippen molar-refractivity contribution in [2.75, 3.05) is 11.1 Å². The van der Waals surface area contributed by atoms with Crippen molar-refractivity contribution in [2.24, 2.45) is 0 Å². The van der Waals surface area contributed by atoms with Crippen LogP contribution in [0.5, 0.6) is 0 Å². The second-order valence-electron chi connectivity index (χ2n) is 15.4. The third-order valence-corrected chi connectivity index (χ3v) is 11.7. The summed E-state index contributed by atoms with van der Waals surface area (Å²) in [5.74, 6) is 0. The molecule has 0 atom stereocenters. The zero-order valence-electron chi connectivity index (χ0n) is 28.7. The van der Waals surface area contributed by atoms with Crippen molar-refractivity contribution in [3.05, 3.63) is 113 Å². The van der Waals surface area contributed by atoms with Crippen molar-refractivity contribution < 1.29 is 0 Å². The molecule has 0 saturated heterocycles. The van der Waals surface area contributed by atoms with E-state index in [1.54, 1.807) is 0 Å². The summed E-state index contributed by atoms with van der Waals surface area (Å²) in [4.78, 5) is 0. The molecule has 4 rings (SSSR count). The fourth-order valence-corrected chi connectivity index (χ4v) is 6.67. The van der Waals surface area contributed by atoms with Crippen molar-refractivity contribution in [3.8, 4) is 0 Å². The van der Waals surface area contributed by atoms with E-state index in [9.17, 15) is 0 Å². The molecule has 0 spiro atoms. The lowest BCUT2D eigenvalue weighted by atomic mass is 9.87. The van der Waals surface area contributed by atoms with E-state index in [4.69, 9.17) is 17.3 Å². The molecule has 0 unspecified atom stereocenters. The first kappa shape index (κ1) is 36.4. The second kappa shape index (κ2) is 14.8. The van der Waals surface area contributed by atoms with E-state index in [2.05, 4.69) is 159 Å². The monoisotopic (exact) mass is 630 g/mol. The van der Waals surface area contributed by atoms with Crippen molar-refractivity contribution in [1.82, 2.24) is 0 Å². The highest BCUT2D eigenvalue weighted by atomic mass is 35.5. The van der Waals surface area contributed by atoms with Crippen LogP contribution < -0.4 is 21.4 Å². The summed E-state index contributed by atoms with van der Waals surface area (Å²) in [7, 11) is -2.32. The van der Waals surface area contributed by atoms with E-state index >= 15 is 0 Å². The average Bonchev–Trinajstić information content (AvgIpc) is 2.88. The van der Waals surface area contributed by atoms with Crippen LogP contribution in [0.3, 0.4) is 0 Å². The first-order chi connectivity index (χ1) is 19.7. The molecule has 0 amide bonds. The van der Waals surface area contributed by atoms with Gasteiger partial charge in [0.1, 0.15) is 0 Å². The summed E-state index contributed by atoms with van der Waals surface area (Å²) >= 11 is 5.78. The van der Waals surface area contributed by atoms with Gasteiger partial charge >= 0.3 is 0 Å². The fraction of sp³-hybridized carbons (Fsp3) is 0.368. The number of nitrogens with one attached hydrogen (secondary N) is 1. The third kappa shape index (κ3) is 12.8. The molecule has 4 aromatic carbocycles. The molecule has 0 saturated carbocycles. The number of rotatable bonds is 4. The number of hydrogen-bond acceptors (Lipinski definition) is 2. The van der Waals surface area contributed by atoms with Gasteiger partial charge in [0.15, 0.2) is 0 Å². The quantitative estimate of drug-likeness (QED) is 0.174. The van der Waals surface area contributed by atoms with Crippen molar-refractivity contribution in [1.29, 1.82) is 0 Å². The smallest absolute Gasteiger partial charge is 0.0775 e. The van der Waals surface area contributed by atoms with Crippen LogP contribution in [-0.4, -0.2) is 16.1 Å². The molecular formula is C38H55ClN2Si2. The number of nitrogen functional groups attached to an aromatic ring is 1. The van der Waals surface area contributed by atoms with Gasteiger partial charge in [0.2, 0.25) is 0 Å². The van der Waals surface area contributed by atoms with Gasteiger partial charge in [-0.3, -0.25) is 0 Å². The van der Waals surface area contributed by atoms with E-state index in [-0.39, 0.29) is 10.8 Å². The SMILES string of the molecule is CC(C)(C)c1ccc(N)cc1.CC(C)(C)c1ccc(Nc2ccc([Si](C)(C)C)cc2)cc1.C[Si](C)(C)c1ccc(Cl)cc1. The molecule has 2 nitrogen and oxygen atoms in total. The lowest BCUT2D eigenvalue weighted by Gasteiger charge is -2.19. The number of anilines is 3. The fourth-order valence-electron chi connectivity index (χ4n) is 4.21. The predicted octanol–water partition coefficient (Wildman–Crippen LogP) is 10.7. The van der Waals surface area contributed by atoms with E-state index < -0.39 is 16.1 Å². The molecule has 0 radical (unpaired) electrons. The number of hydrogen-bond donors (Lipinski definition) is 2. The molecule has 0 bridgehead atoms. The van der Waals surface area contributed by atoms with Crippen LogP contribution in [-0.2, 0) is 10.8 Å². The third-order valence-electron chi connectivity index (χ3n) is 7.28. The molecule has 4 aromatic rings. The van der Waals surface area contributed by atoms with Gasteiger partial charge in [-0.2, -0.15) is 0 Å². The summed E-state index contributed by atoms with van der Waals surface area (Å²) in [6, 6.07) is 33.9. The van der Waals surface area contributed by atoms with Gasteiger partial charge in [-0.05, 0) is 70.5 Å². The number of halogens is 1. The van der Waals surface area contributed by atoms with Crippen LogP contribution in [0.2, 0.25) is 44.3 Å². The van der Waals surface area contributed by atoms with Crippen molar-refractivity contribution in [3.63, 3.8) is 0 Å². The summed E-state index contributed by atoms with van der Waals surface area (Å²) in [6.45, 7) is 27.4. The Morgan fingerprint density at radius 2 is 0.791 bits per heavy atom. The Morgan fingerprint density at radius 3 is 1.12 bits per heavy atom. The zero-order chi connectivity index (χ0) is 32.6. The predicted molar refractivity (Wildman–Crippen MR) is 202 cm³/mol. The summed E-state index contributed by atoms with van der Waals surface area (Å²) in [6.07, 6.45) is 0. The van der Waals surface area contributed by atoms with Crippen molar-refractivity contribution >= 4 is 55.2 Å².